The summed E-state index contributed by atoms with van der Waals surface area (Å²) in [4.78, 5) is 0. The van der Waals surface area contributed by atoms with Crippen LogP contribution in [-0.2, 0) is 0 Å². The summed E-state index contributed by atoms with van der Waals surface area (Å²) >= 11 is 0. The molecule has 0 aromatic heterocycles. The molecule has 0 saturated heterocycles. The molecule has 0 saturated carbocycles. The van der Waals surface area contributed by atoms with Gasteiger partial charge in [0.25, 0.3) is 0 Å². The molecule has 0 atom stereocenters. The second-order valence-electron chi connectivity index (χ2n) is 3.56. The molecule has 0 spiro atoms. The normalized spacial score (nSPS) is 10.6. The van der Waals surface area contributed by atoms with Crippen molar-refractivity contribution < 1.29 is 0 Å². The van der Waals surface area contributed by atoms with Gasteiger partial charge in [0.1, 0.15) is 0 Å². The third-order valence-corrected chi connectivity index (χ3v) is 2.22. The summed E-state index contributed by atoms with van der Waals surface area (Å²) in [5.41, 5.74) is 10.8. The van der Waals surface area contributed by atoms with Gasteiger partial charge in [0, 0.05) is 0 Å². The zero-order chi connectivity index (χ0) is 9.78. The molecule has 0 aliphatic carbocycles. The quantitative estimate of drug-likeness (QED) is 0.513. The van der Waals surface area contributed by atoms with Gasteiger partial charge in [0.05, 0.1) is 0 Å². The highest BCUT2D eigenvalue weighted by Crippen LogP contribution is 2.07. The SMILES string of the molecule is NCCCC[CH]CCCCCCN. The minimum absolute atomic E-state index is 0.838. The second-order valence-corrected chi connectivity index (χ2v) is 3.56. The molecular formula is C11H25N2. The van der Waals surface area contributed by atoms with Crippen molar-refractivity contribution in [3.63, 3.8) is 0 Å². The standard InChI is InChI=1S/C11H25N2/c12-10-8-6-4-2-1-3-5-7-9-11-13/h2H,1,3-13H2. The van der Waals surface area contributed by atoms with Crippen LogP contribution in [0.2, 0.25) is 0 Å². The first-order chi connectivity index (χ1) is 6.41. The predicted octanol–water partition coefficient (Wildman–Crippen LogP) is 2.23. The van der Waals surface area contributed by atoms with Gasteiger partial charge in [-0.3, -0.25) is 0 Å². The van der Waals surface area contributed by atoms with E-state index in [1.54, 1.807) is 0 Å². The van der Waals surface area contributed by atoms with Crippen molar-refractivity contribution in [1.82, 2.24) is 0 Å². The first-order valence-corrected chi connectivity index (χ1v) is 5.63. The summed E-state index contributed by atoms with van der Waals surface area (Å²) in [7, 11) is 0. The zero-order valence-corrected chi connectivity index (χ0v) is 8.80. The van der Waals surface area contributed by atoms with Gasteiger partial charge in [-0.25, -0.2) is 0 Å². The Labute approximate surface area is 83.1 Å². The summed E-state index contributed by atoms with van der Waals surface area (Å²) in [6.07, 6.45) is 12.5. The molecule has 0 aliphatic rings. The number of nitrogens with two attached hydrogens (primary N) is 2. The Bertz CT molecular complexity index is 74.2. The van der Waals surface area contributed by atoms with Gasteiger partial charge in [-0.2, -0.15) is 0 Å². The summed E-state index contributed by atoms with van der Waals surface area (Å²) < 4.78 is 0. The summed E-state index contributed by atoms with van der Waals surface area (Å²) in [6, 6.07) is 0. The highest BCUT2D eigenvalue weighted by atomic mass is 14.5. The first kappa shape index (κ1) is 12.9. The van der Waals surface area contributed by atoms with Gasteiger partial charge in [0.15, 0.2) is 0 Å². The van der Waals surface area contributed by atoms with Crippen LogP contribution in [0.5, 0.6) is 0 Å². The van der Waals surface area contributed by atoms with Crippen LogP contribution < -0.4 is 11.5 Å². The van der Waals surface area contributed by atoms with Crippen molar-refractivity contribution in [1.29, 1.82) is 0 Å². The van der Waals surface area contributed by atoms with E-state index in [9.17, 15) is 0 Å². The van der Waals surface area contributed by atoms with E-state index in [2.05, 4.69) is 6.42 Å². The highest BCUT2D eigenvalue weighted by molar-refractivity contribution is 4.64. The second kappa shape index (κ2) is 11.9. The summed E-state index contributed by atoms with van der Waals surface area (Å²) in [5.74, 6) is 0. The number of hydrogen-bond acceptors (Lipinski definition) is 2. The maximum absolute atomic E-state index is 5.40. The highest BCUT2D eigenvalue weighted by Gasteiger charge is 1.91. The topological polar surface area (TPSA) is 52.0 Å². The maximum Gasteiger partial charge on any atom is -0.00773 e. The minimum Gasteiger partial charge on any atom is -0.330 e. The lowest BCUT2D eigenvalue weighted by molar-refractivity contribution is 0.625. The van der Waals surface area contributed by atoms with Crippen LogP contribution in [0.1, 0.15) is 51.4 Å². The number of hydrogen-bond donors (Lipinski definition) is 2. The van der Waals surface area contributed by atoms with Gasteiger partial charge in [-0.05, 0) is 32.4 Å². The van der Waals surface area contributed by atoms with Crippen molar-refractivity contribution in [3.05, 3.63) is 6.42 Å². The van der Waals surface area contributed by atoms with Crippen LogP contribution in [0.15, 0.2) is 0 Å². The largest absolute Gasteiger partial charge is 0.330 e. The lowest BCUT2D eigenvalue weighted by Gasteiger charge is -2.00. The average Bonchev–Trinajstić information content (AvgIpc) is 2.16. The molecule has 0 heterocycles. The van der Waals surface area contributed by atoms with E-state index in [-0.39, 0.29) is 0 Å². The van der Waals surface area contributed by atoms with Crippen LogP contribution in [0.3, 0.4) is 0 Å². The molecule has 0 bridgehead atoms. The van der Waals surface area contributed by atoms with E-state index in [1.165, 1.54) is 51.4 Å². The van der Waals surface area contributed by atoms with E-state index in [4.69, 9.17) is 11.5 Å². The van der Waals surface area contributed by atoms with Crippen LogP contribution in [-0.4, -0.2) is 13.1 Å². The minimum atomic E-state index is 0.838. The Morgan fingerprint density at radius 3 is 1.69 bits per heavy atom. The number of unbranched alkanes of at least 4 members (excludes halogenated alkanes) is 8. The molecule has 0 aliphatic heterocycles. The molecule has 0 aromatic carbocycles. The number of rotatable bonds is 10. The fraction of sp³-hybridized carbons (Fsp3) is 0.909. The van der Waals surface area contributed by atoms with E-state index < -0.39 is 0 Å². The maximum atomic E-state index is 5.40. The van der Waals surface area contributed by atoms with Crippen molar-refractivity contribution >= 4 is 0 Å². The lowest BCUT2D eigenvalue weighted by atomic mass is 10.1. The van der Waals surface area contributed by atoms with E-state index in [0.29, 0.717) is 0 Å². The molecule has 0 fully saturated rings. The van der Waals surface area contributed by atoms with Gasteiger partial charge < -0.3 is 11.5 Å². The molecular weight excluding hydrogens is 160 g/mol. The van der Waals surface area contributed by atoms with Crippen molar-refractivity contribution in [2.24, 2.45) is 11.5 Å². The van der Waals surface area contributed by atoms with Gasteiger partial charge in [-0.1, -0.05) is 38.5 Å². The lowest BCUT2D eigenvalue weighted by Crippen LogP contribution is -1.98. The predicted molar refractivity (Wildman–Crippen MR) is 59.3 cm³/mol. The van der Waals surface area contributed by atoms with Crippen LogP contribution >= 0.6 is 0 Å². The van der Waals surface area contributed by atoms with Crippen molar-refractivity contribution in [2.45, 2.75) is 51.4 Å². The monoisotopic (exact) mass is 185 g/mol. The van der Waals surface area contributed by atoms with Gasteiger partial charge >= 0.3 is 0 Å². The van der Waals surface area contributed by atoms with Crippen LogP contribution in [0.4, 0.5) is 0 Å². The van der Waals surface area contributed by atoms with Crippen molar-refractivity contribution in [2.75, 3.05) is 13.1 Å². The Hall–Kier alpha value is -0.0800. The molecule has 0 rings (SSSR count). The van der Waals surface area contributed by atoms with E-state index >= 15 is 0 Å². The van der Waals surface area contributed by atoms with E-state index in [0.717, 1.165) is 13.1 Å². The first-order valence-electron chi connectivity index (χ1n) is 5.63. The van der Waals surface area contributed by atoms with Crippen molar-refractivity contribution in [3.8, 4) is 0 Å². The third kappa shape index (κ3) is 11.9. The zero-order valence-electron chi connectivity index (χ0n) is 8.80. The molecule has 79 valence electrons. The summed E-state index contributed by atoms with van der Waals surface area (Å²) in [6.45, 7) is 1.69. The van der Waals surface area contributed by atoms with E-state index in [1.807, 2.05) is 0 Å². The Balaban J connectivity index is 2.76. The van der Waals surface area contributed by atoms with Crippen LogP contribution in [0, 0.1) is 6.42 Å². The van der Waals surface area contributed by atoms with Gasteiger partial charge in [0.2, 0.25) is 0 Å². The fourth-order valence-electron chi connectivity index (χ4n) is 1.36. The van der Waals surface area contributed by atoms with Gasteiger partial charge in [-0.15, -0.1) is 0 Å². The molecule has 0 unspecified atom stereocenters. The summed E-state index contributed by atoms with van der Waals surface area (Å²) in [5, 5.41) is 0. The third-order valence-electron chi connectivity index (χ3n) is 2.22. The molecule has 1 radical (unpaired) electrons. The molecule has 0 amide bonds. The smallest absolute Gasteiger partial charge is 0.00773 e. The Morgan fingerprint density at radius 2 is 1.08 bits per heavy atom. The average molecular weight is 185 g/mol. The molecule has 2 heteroatoms. The Kier molecular flexibility index (Phi) is 11.8. The molecule has 0 aromatic rings. The molecule has 4 N–H and O–H groups in total. The molecule has 13 heavy (non-hydrogen) atoms. The molecule has 2 nitrogen and oxygen atoms in total. The van der Waals surface area contributed by atoms with Crippen LogP contribution in [0.25, 0.3) is 0 Å². The fourth-order valence-corrected chi connectivity index (χ4v) is 1.36. The Morgan fingerprint density at radius 1 is 0.615 bits per heavy atom.